The van der Waals surface area contributed by atoms with E-state index in [9.17, 15) is 8.42 Å². The summed E-state index contributed by atoms with van der Waals surface area (Å²) in [6, 6.07) is 3.24. The molecule has 1 heterocycles. The van der Waals surface area contributed by atoms with E-state index in [0.717, 1.165) is 29.2 Å². The van der Waals surface area contributed by atoms with Gasteiger partial charge < -0.3 is 15.4 Å². The standard InChI is InChI=1S/C11H20N4O3S2/c1-13-11(14-6-3-7-18-2)15-8-9-4-5-10(19-9)20(12,16)17/h4-5H,3,6-8H2,1-2H3,(H2,12,16,17)(H2,13,14,15). The van der Waals surface area contributed by atoms with Crippen LogP contribution in [0.5, 0.6) is 0 Å². The van der Waals surface area contributed by atoms with Gasteiger partial charge in [-0.3, -0.25) is 4.99 Å². The van der Waals surface area contributed by atoms with Crippen molar-refractivity contribution in [3.8, 4) is 0 Å². The van der Waals surface area contributed by atoms with Crippen molar-refractivity contribution in [3.63, 3.8) is 0 Å². The van der Waals surface area contributed by atoms with Crippen LogP contribution >= 0.6 is 11.3 Å². The summed E-state index contributed by atoms with van der Waals surface area (Å²) in [5.74, 6) is 0.659. The van der Waals surface area contributed by atoms with E-state index in [0.29, 0.717) is 19.1 Å². The van der Waals surface area contributed by atoms with Crippen molar-refractivity contribution in [2.45, 2.75) is 17.2 Å². The molecule has 0 amide bonds. The van der Waals surface area contributed by atoms with Crippen LogP contribution in [0, 0.1) is 0 Å². The highest BCUT2D eigenvalue weighted by molar-refractivity contribution is 7.91. The zero-order valence-corrected chi connectivity index (χ0v) is 13.2. The molecule has 0 fully saturated rings. The first-order valence-electron chi connectivity index (χ1n) is 6.02. The number of ether oxygens (including phenoxy) is 1. The number of rotatable bonds is 7. The van der Waals surface area contributed by atoms with Crippen molar-refractivity contribution >= 4 is 27.3 Å². The molecular formula is C11H20N4O3S2. The van der Waals surface area contributed by atoms with E-state index in [2.05, 4.69) is 15.6 Å². The second-order valence-corrected chi connectivity index (χ2v) is 6.92. The Labute approximate surface area is 123 Å². The molecule has 0 aliphatic heterocycles. The second kappa shape index (κ2) is 8.20. The number of nitrogens with two attached hydrogens (primary N) is 1. The van der Waals surface area contributed by atoms with Crippen molar-refractivity contribution in [1.82, 2.24) is 10.6 Å². The number of nitrogens with one attached hydrogen (secondary N) is 2. The summed E-state index contributed by atoms with van der Waals surface area (Å²) < 4.78 is 27.4. The van der Waals surface area contributed by atoms with E-state index in [1.54, 1.807) is 20.2 Å². The van der Waals surface area contributed by atoms with Crippen LogP contribution in [-0.4, -0.2) is 41.7 Å². The topological polar surface area (TPSA) is 106 Å². The Morgan fingerprint density at radius 2 is 2.20 bits per heavy atom. The Balaban J connectivity index is 2.43. The van der Waals surface area contributed by atoms with Crippen molar-refractivity contribution < 1.29 is 13.2 Å². The van der Waals surface area contributed by atoms with Crippen LogP contribution in [0.2, 0.25) is 0 Å². The van der Waals surface area contributed by atoms with Gasteiger partial charge in [-0.15, -0.1) is 11.3 Å². The molecule has 0 unspecified atom stereocenters. The van der Waals surface area contributed by atoms with Crippen LogP contribution in [0.4, 0.5) is 0 Å². The fraction of sp³-hybridized carbons (Fsp3) is 0.545. The minimum Gasteiger partial charge on any atom is -0.385 e. The monoisotopic (exact) mass is 320 g/mol. The molecule has 0 radical (unpaired) electrons. The number of methoxy groups -OCH3 is 1. The quantitative estimate of drug-likeness (QED) is 0.375. The predicted octanol–water partition coefficient (Wildman–Crippen LogP) is 0.0970. The molecule has 0 bridgehead atoms. The van der Waals surface area contributed by atoms with Crippen molar-refractivity contribution in [3.05, 3.63) is 17.0 Å². The molecule has 1 rings (SSSR count). The van der Waals surface area contributed by atoms with E-state index in [1.165, 1.54) is 6.07 Å². The van der Waals surface area contributed by atoms with Gasteiger partial charge in [-0.05, 0) is 18.6 Å². The summed E-state index contributed by atoms with van der Waals surface area (Å²) in [7, 11) is -0.280. The largest absolute Gasteiger partial charge is 0.385 e. The van der Waals surface area contributed by atoms with Crippen LogP contribution < -0.4 is 15.8 Å². The Morgan fingerprint density at radius 1 is 1.45 bits per heavy atom. The Hall–Kier alpha value is -1.16. The summed E-state index contributed by atoms with van der Waals surface area (Å²) in [4.78, 5) is 4.94. The Kier molecular flexibility index (Phi) is 6.93. The lowest BCUT2D eigenvalue weighted by Crippen LogP contribution is -2.37. The van der Waals surface area contributed by atoms with Crippen LogP contribution in [-0.2, 0) is 21.3 Å². The lowest BCUT2D eigenvalue weighted by atomic mass is 10.4. The molecule has 20 heavy (non-hydrogen) atoms. The SMILES string of the molecule is CN=C(NCCCOC)NCc1ccc(S(N)(=O)=O)s1. The minimum absolute atomic E-state index is 0.164. The van der Waals surface area contributed by atoms with E-state index < -0.39 is 10.0 Å². The van der Waals surface area contributed by atoms with Crippen LogP contribution in [0.1, 0.15) is 11.3 Å². The molecule has 114 valence electrons. The van der Waals surface area contributed by atoms with Gasteiger partial charge in [0.1, 0.15) is 4.21 Å². The molecule has 4 N–H and O–H groups in total. The van der Waals surface area contributed by atoms with Crippen LogP contribution in [0.15, 0.2) is 21.3 Å². The highest BCUT2D eigenvalue weighted by Gasteiger charge is 2.11. The molecule has 0 spiro atoms. The molecule has 7 nitrogen and oxygen atoms in total. The van der Waals surface area contributed by atoms with Gasteiger partial charge in [0, 0.05) is 32.2 Å². The smallest absolute Gasteiger partial charge is 0.247 e. The van der Waals surface area contributed by atoms with E-state index in [4.69, 9.17) is 9.88 Å². The Bertz CT molecular complexity index is 540. The van der Waals surface area contributed by atoms with Crippen molar-refractivity contribution in [1.29, 1.82) is 0 Å². The number of hydrogen-bond donors (Lipinski definition) is 3. The number of guanidine groups is 1. The minimum atomic E-state index is -3.62. The molecule has 1 aromatic rings. The van der Waals surface area contributed by atoms with Crippen molar-refractivity contribution in [2.75, 3.05) is 27.3 Å². The summed E-state index contributed by atoms with van der Waals surface area (Å²) in [5.41, 5.74) is 0. The molecule has 0 aromatic carbocycles. The summed E-state index contributed by atoms with van der Waals surface area (Å²) in [6.45, 7) is 1.93. The third kappa shape index (κ3) is 5.87. The number of aliphatic imine (C=N–C) groups is 1. The maximum absolute atomic E-state index is 11.2. The van der Waals surface area contributed by atoms with Gasteiger partial charge in [-0.25, -0.2) is 13.6 Å². The number of sulfonamides is 1. The summed E-state index contributed by atoms with van der Waals surface area (Å²) in [6.07, 6.45) is 0.881. The summed E-state index contributed by atoms with van der Waals surface area (Å²) in [5, 5.41) is 11.3. The summed E-state index contributed by atoms with van der Waals surface area (Å²) >= 11 is 1.15. The Morgan fingerprint density at radius 3 is 2.75 bits per heavy atom. The van der Waals surface area contributed by atoms with E-state index in [1.807, 2.05) is 0 Å². The third-order valence-corrected chi connectivity index (χ3v) is 4.91. The molecule has 0 saturated carbocycles. The van der Waals surface area contributed by atoms with Crippen LogP contribution in [0.3, 0.4) is 0 Å². The molecular weight excluding hydrogens is 300 g/mol. The second-order valence-electron chi connectivity index (χ2n) is 3.96. The van der Waals surface area contributed by atoms with Crippen molar-refractivity contribution in [2.24, 2.45) is 10.1 Å². The van der Waals surface area contributed by atoms with Gasteiger partial charge in [0.05, 0.1) is 6.54 Å². The zero-order chi connectivity index (χ0) is 15.0. The number of hydrogen-bond acceptors (Lipinski definition) is 5. The van der Waals surface area contributed by atoms with Gasteiger partial charge in [0.25, 0.3) is 0 Å². The third-order valence-electron chi connectivity index (χ3n) is 2.39. The molecule has 0 atom stereocenters. The lowest BCUT2D eigenvalue weighted by Gasteiger charge is -2.10. The first-order valence-corrected chi connectivity index (χ1v) is 8.38. The number of nitrogens with zero attached hydrogens (tertiary/aromatic N) is 1. The highest BCUT2D eigenvalue weighted by Crippen LogP contribution is 2.19. The van der Waals surface area contributed by atoms with E-state index >= 15 is 0 Å². The van der Waals surface area contributed by atoms with Gasteiger partial charge in [0.2, 0.25) is 10.0 Å². The number of thiophene rings is 1. The molecule has 9 heteroatoms. The number of primary sulfonamides is 1. The van der Waals surface area contributed by atoms with Gasteiger partial charge in [-0.1, -0.05) is 0 Å². The predicted molar refractivity (Wildman–Crippen MR) is 80.4 cm³/mol. The maximum atomic E-state index is 11.2. The fourth-order valence-corrected chi connectivity index (χ4v) is 3.14. The normalized spacial score (nSPS) is 12.4. The molecule has 1 aromatic heterocycles. The maximum Gasteiger partial charge on any atom is 0.247 e. The first kappa shape index (κ1) is 16.9. The van der Waals surface area contributed by atoms with Crippen LogP contribution in [0.25, 0.3) is 0 Å². The van der Waals surface area contributed by atoms with Gasteiger partial charge in [-0.2, -0.15) is 0 Å². The molecule has 0 aliphatic rings. The first-order chi connectivity index (χ1) is 9.47. The average Bonchev–Trinajstić information content (AvgIpc) is 2.87. The zero-order valence-electron chi connectivity index (χ0n) is 11.5. The van der Waals surface area contributed by atoms with Gasteiger partial charge >= 0.3 is 0 Å². The fourth-order valence-electron chi connectivity index (χ4n) is 1.42. The lowest BCUT2D eigenvalue weighted by molar-refractivity contribution is 0.195. The molecule has 0 aliphatic carbocycles. The molecule has 0 saturated heterocycles. The van der Waals surface area contributed by atoms with E-state index in [-0.39, 0.29) is 4.21 Å². The highest BCUT2D eigenvalue weighted by atomic mass is 32.2. The average molecular weight is 320 g/mol. The van der Waals surface area contributed by atoms with Gasteiger partial charge in [0.15, 0.2) is 5.96 Å².